The van der Waals surface area contributed by atoms with Gasteiger partial charge in [0.1, 0.15) is 11.6 Å². The number of halogens is 4. The van der Waals surface area contributed by atoms with Crippen LogP contribution in [0.1, 0.15) is 15.6 Å². The number of thiazole rings is 1. The Balaban J connectivity index is 2.47. The second-order valence-electron chi connectivity index (χ2n) is 3.71. The van der Waals surface area contributed by atoms with E-state index in [-0.39, 0.29) is 6.61 Å². The Kier molecular flexibility index (Phi) is 5.48. The smallest absolute Gasteiger partial charge is 0.330 e. The predicted molar refractivity (Wildman–Crippen MR) is 60.2 cm³/mol. The van der Waals surface area contributed by atoms with Gasteiger partial charge in [0.15, 0.2) is 0 Å². The van der Waals surface area contributed by atoms with Gasteiger partial charge in [-0.05, 0) is 19.9 Å². The summed E-state index contributed by atoms with van der Waals surface area (Å²) in [6.45, 7) is 0.736. The molecule has 0 saturated heterocycles. The zero-order valence-electron chi connectivity index (χ0n) is 9.76. The highest BCUT2D eigenvalue weighted by Gasteiger charge is 2.40. The van der Waals surface area contributed by atoms with Crippen molar-refractivity contribution in [2.45, 2.75) is 32.3 Å². The second kappa shape index (κ2) is 6.44. The van der Waals surface area contributed by atoms with Crippen molar-refractivity contribution in [2.75, 3.05) is 13.2 Å². The van der Waals surface area contributed by atoms with Crippen LogP contribution in [0.5, 0.6) is 0 Å². The lowest BCUT2D eigenvalue weighted by Gasteiger charge is -2.14. The first-order chi connectivity index (χ1) is 8.36. The second-order valence-corrected chi connectivity index (χ2v) is 4.88. The van der Waals surface area contributed by atoms with Gasteiger partial charge in [-0.2, -0.15) is 8.78 Å². The number of ether oxygens (including phenoxy) is 1. The fourth-order valence-electron chi connectivity index (χ4n) is 1.25. The summed E-state index contributed by atoms with van der Waals surface area (Å²) in [6.07, 6.45) is -3.07. The van der Waals surface area contributed by atoms with Crippen LogP contribution in [-0.4, -0.2) is 30.5 Å². The number of nitrogens with zero attached hydrogens (tertiary/aromatic N) is 1. The monoisotopic (exact) mass is 286 g/mol. The molecular weight excluding hydrogens is 272 g/mol. The van der Waals surface area contributed by atoms with E-state index in [9.17, 15) is 17.6 Å². The third-order valence-electron chi connectivity index (χ3n) is 2.15. The van der Waals surface area contributed by atoms with Gasteiger partial charge in [-0.15, -0.1) is 11.3 Å². The van der Waals surface area contributed by atoms with Gasteiger partial charge in [0.05, 0.1) is 12.3 Å². The Labute approximate surface area is 106 Å². The standard InChI is InChI=1S/C10H14F4N2OS/c1-6-7(2-3-15)18-8(16-6)4-17-5-10(13,14)9(11)12/h9H,2-5,15H2,1H3. The maximum absolute atomic E-state index is 12.5. The van der Waals surface area contributed by atoms with Crippen LogP contribution in [0.15, 0.2) is 0 Å². The number of hydrogen-bond acceptors (Lipinski definition) is 4. The van der Waals surface area contributed by atoms with Crippen molar-refractivity contribution in [1.29, 1.82) is 0 Å². The summed E-state index contributed by atoms with van der Waals surface area (Å²) in [7, 11) is 0. The average Bonchev–Trinajstić information content (AvgIpc) is 2.59. The van der Waals surface area contributed by atoms with Crippen molar-refractivity contribution in [3.63, 3.8) is 0 Å². The third kappa shape index (κ3) is 4.18. The highest BCUT2D eigenvalue weighted by Crippen LogP contribution is 2.24. The molecule has 1 rings (SSSR count). The zero-order chi connectivity index (χ0) is 13.8. The van der Waals surface area contributed by atoms with Gasteiger partial charge in [0, 0.05) is 4.88 Å². The molecule has 1 aromatic heterocycles. The van der Waals surface area contributed by atoms with Crippen LogP contribution in [0.3, 0.4) is 0 Å². The minimum Gasteiger partial charge on any atom is -0.368 e. The van der Waals surface area contributed by atoms with Crippen molar-refractivity contribution < 1.29 is 22.3 Å². The molecule has 104 valence electrons. The lowest BCUT2D eigenvalue weighted by Crippen LogP contribution is -2.32. The van der Waals surface area contributed by atoms with E-state index in [0.29, 0.717) is 18.0 Å². The first-order valence-electron chi connectivity index (χ1n) is 5.25. The van der Waals surface area contributed by atoms with E-state index in [4.69, 9.17) is 5.73 Å². The van der Waals surface area contributed by atoms with E-state index in [0.717, 1.165) is 10.6 Å². The lowest BCUT2D eigenvalue weighted by atomic mass is 10.3. The number of rotatable bonds is 7. The number of aryl methyl sites for hydroxylation is 1. The molecular formula is C10H14F4N2OS. The molecule has 0 aliphatic heterocycles. The Morgan fingerprint density at radius 3 is 2.67 bits per heavy atom. The van der Waals surface area contributed by atoms with E-state index >= 15 is 0 Å². The maximum Gasteiger partial charge on any atom is 0.330 e. The summed E-state index contributed by atoms with van der Waals surface area (Å²) in [4.78, 5) is 5.05. The quantitative estimate of drug-likeness (QED) is 0.783. The average molecular weight is 286 g/mol. The highest BCUT2D eigenvalue weighted by atomic mass is 32.1. The maximum atomic E-state index is 12.5. The Hall–Kier alpha value is -0.730. The molecule has 0 aliphatic carbocycles. The summed E-state index contributed by atoms with van der Waals surface area (Å²) in [5.41, 5.74) is 6.16. The van der Waals surface area contributed by atoms with Crippen LogP contribution in [0.4, 0.5) is 17.6 Å². The molecule has 0 aliphatic rings. The molecule has 0 atom stereocenters. The Bertz CT molecular complexity index is 384. The Morgan fingerprint density at radius 2 is 2.11 bits per heavy atom. The zero-order valence-corrected chi connectivity index (χ0v) is 10.6. The lowest BCUT2D eigenvalue weighted by molar-refractivity contribution is -0.168. The van der Waals surface area contributed by atoms with Crippen LogP contribution >= 0.6 is 11.3 Å². The van der Waals surface area contributed by atoms with E-state index in [1.54, 1.807) is 6.92 Å². The molecule has 0 bridgehead atoms. The molecule has 1 heterocycles. The third-order valence-corrected chi connectivity index (χ3v) is 3.34. The molecule has 8 heteroatoms. The van der Waals surface area contributed by atoms with Gasteiger partial charge >= 0.3 is 12.3 Å². The molecule has 0 fully saturated rings. The molecule has 0 aromatic carbocycles. The minimum atomic E-state index is -4.12. The molecule has 3 nitrogen and oxygen atoms in total. The summed E-state index contributed by atoms with van der Waals surface area (Å²) < 4.78 is 53.4. The minimum absolute atomic E-state index is 0.196. The van der Waals surface area contributed by atoms with Gasteiger partial charge < -0.3 is 10.5 Å². The van der Waals surface area contributed by atoms with Crippen molar-refractivity contribution >= 4 is 11.3 Å². The first-order valence-corrected chi connectivity index (χ1v) is 6.07. The molecule has 18 heavy (non-hydrogen) atoms. The Morgan fingerprint density at radius 1 is 1.44 bits per heavy atom. The molecule has 0 spiro atoms. The largest absolute Gasteiger partial charge is 0.368 e. The molecule has 0 saturated carbocycles. The van der Waals surface area contributed by atoms with Crippen molar-refractivity contribution in [2.24, 2.45) is 5.73 Å². The topological polar surface area (TPSA) is 48.1 Å². The van der Waals surface area contributed by atoms with Gasteiger partial charge in [-0.1, -0.05) is 0 Å². The van der Waals surface area contributed by atoms with E-state index in [1.165, 1.54) is 11.3 Å². The van der Waals surface area contributed by atoms with Crippen LogP contribution in [0, 0.1) is 6.92 Å². The fourth-order valence-corrected chi connectivity index (χ4v) is 2.27. The van der Waals surface area contributed by atoms with Crippen LogP contribution < -0.4 is 5.73 Å². The molecule has 0 amide bonds. The van der Waals surface area contributed by atoms with Gasteiger partial charge in [-0.25, -0.2) is 13.8 Å². The molecule has 2 N–H and O–H groups in total. The first kappa shape index (κ1) is 15.3. The summed E-state index contributed by atoms with van der Waals surface area (Å²) >= 11 is 1.29. The van der Waals surface area contributed by atoms with Gasteiger partial charge in [0.25, 0.3) is 0 Å². The number of hydrogen-bond donors (Lipinski definition) is 1. The van der Waals surface area contributed by atoms with E-state index < -0.39 is 19.0 Å². The SMILES string of the molecule is Cc1nc(COCC(F)(F)C(F)F)sc1CCN. The van der Waals surface area contributed by atoms with Crippen LogP contribution in [0.25, 0.3) is 0 Å². The number of alkyl halides is 4. The molecule has 1 aromatic rings. The molecule has 0 unspecified atom stereocenters. The van der Waals surface area contributed by atoms with Gasteiger partial charge in [-0.3, -0.25) is 0 Å². The summed E-state index contributed by atoms with van der Waals surface area (Å²) in [6, 6.07) is 0. The van der Waals surface area contributed by atoms with Crippen LogP contribution in [0.2, 0.25) is 0 Å². The van der Waals surface area contributed by atoms with Crippen molar-refractivity contribution in [1.82, 2.24) is 4.98 Å². The summed E-state index contributed by atoms with van der Waals surface area (Å²) in [5, 5.41) is 0.487. The van der Waals surface area contributed by atoms with E-state index in [1.807, 2.05) is 0 Å². The molecule has 0 radical (unpaired) electrons. The number of aromatic nitrogens is 1. The summed E-state index contributed by atoms with van der Waals surface area (Å²) in [5.74, 6) is -4.12. The normalized spacial score (nSPS) is 12.4. The predicted octanol–water partition coefficient (Wildman–Crippen LogP) is 2.37. The van der Waals surface area contributed by atoms with Crippen LogP contribution in [-0.2, 0) is 17.8 Å². The fraction of sp³-hybridized carbons (Fsp3) is 0.700. The van der Waals surface area contributed by atoms with Crippen molar-refractivity contribution in [3.05, 3.63) is 15.6 Å². The highest BCUT2D eigenvalue weighted by molar-refractivity contribution is 7.11. The van der Waals surface area contributed by atoms with Crippen molar-refractivity contribution in [3.8, 4) is 0 Å². The van der Waals surface area contributed by atoms with Gasteiger partial charge in [0.2, 0.25) is 0 Å². The number of nitrogens with two attached hydrogens (primary N) is 1. The van der Waals surface area contributed by atoms with E-state index in [2.05, 4.69) is 9.72 Å².